The zero-order chi connectivity index (χ0) is 20.7. The average Bonchev–Trinajstić information content (AvgIpc) is 3.02. The van der Waals surface area contributed by atoms with Crippen molar-refractivity contribution in [1.82, 2.24) is 19.7 Å². The molecule has 0 radical (unpaired) electrons. The molecule has 0 bridgehead atoms. The number of nitrogens with one attached hydrogen (secondary N) is 1. The van der Waals surface area contributed by atoms with Gasteiger partial charge in [-0.25, -0.2) is 19.0 Å². The number of hydrogen-bond acceptors (Lipinski definition) is 4. The third kappa shape index (κ3) is 3.92. The maximum Gasteiger partial charge on any atom is 0.271 e. The van der Waals surface area contributed by atoms with E-state index in [4.69, 9.17) is 11.6 Å². The monoisotopic (exact) mass is 415 g/mol. The van der Waals surface area contributed by atoms with Gasteiger partial charge in [-0.05, 0) is 43.4 Å². The molecule has 29 heavy (non-hydrogen) atoms. The van der Waals surface area contributed by atoms with Crippen LogP contribution in [0.1, 0.15) is 26.0 Å². The summed E-state index contributed by atoms with van der Waals surface area (Å²) in [4.78, 5) is 23.9. The van der Waals surface area contributed by atoms with Crippen LogP contribution in [0.15, 0.2) is 35.3 Å². The minimum Gasteiger partial charge on any atom is -0.340 e. The van der Waals surface area contributed by atoms with Crippen LogP contribution < -0.4 is 10.5 Å². The van der Waals surface area contributed by atoms with E-state index < -0.39 is 5.82 Å². The number of anilines is 1. The summed E-state index contributed by atoms with van der Waals surface area (Å²) in [5.74, 6) is 1.32. The van der Waals surface area contributed by atoms with E-state index in [0.29, 0.717) is 29.0 Å². The third-order valence-electron chi connectivity index (χ3n) is 5.28. The highest BCUT2D eigenvalue weighted by Gasteiger charge is 2.24. The predicted octanol–water partition coefficient (Wildman–Crippen LogP) is 4.21. The van der Waals surface area contributed by atoms with Gasteiger partial charge in [0.1, 0.15) is 11.5 Å². The third-order valence-corrected chi connectivity index (χ3v) is 5.51. The van der Waals surface area contributed by atoms with Gasteiger partial charge in [0.2, 0.25) is 5.95 Å². The number of aryl methyl sites for hydroxylation is 1. The molecular formula is C21H23ClFN5O. The Morgan fingerprint density at radius 3 is 2.59 bits per heavy atom. The van der Waals surface area contributed by atoms with Crippen LogP contribution in [0, 0.1) is 24.6 Å². The second-order valence-electron chi connectivity index (χ2n) is 7.96. The summed E-state index contributed by atoms with van der Waals surface area (Å²) in [6, 6.07) is 5.60. The lowest BCUT2D eigenvalue weighted by Crippen LogP contribution is -2.39. The van der Waals surface area contributed by atoms with Gasteiger partial charge in [-0.3, -0.25) is 9.89 Å². The molecule has 2 atom stereocenters. The molecule has 1 saturated heterocycles. The molecular weight excluding hydrogens is 393 g/mol. The maximum absolute atomic E-state index is 14.2. The largest absolute Gasteiger partial charge is 0.340 e. The van der Waals surface area contributed by atoms with E-state index in [1.54, 1.807) is 6.20 Å². The normalized spacial score (nSPS) is 19.6. The van der Waals surface area contributed by atoms with Crippen LogP contribution in [0.4, 0.5) is 10.3 Å². The molecule has 2 aromatic heterocycles. The quantitative estimate of drug-likeness (QED) is 0.696. The number of nitrogens with zero attached hydrogens (tertiary/aromatic N) is 4. The van der Waals surface area contributed by atoms with Crippen LogP contribution in [0.2, 0.25) is 5.02 Å². The first-order valence-corrected chi connectivity index (χ1v) is 10.1. The number of aromatic nitrogens is 4. The zero-order valence-electron chi connectivity index (χ0n) is 16.6. The van der Waals surface area contributed by atoms with Crippen LogP contribution in [0.25, 0.3) is 16.9 Å². The Kier molecular flexibility index (Phi) is 5.17. The Morgan fingerprint density at radius 1 is 1.21 bits per heavy atom. The SMILES string of the molecule is Cc1nc(N2CC(C)CC(C)C2)ncc1-c1cc(=O)n(-c2ccc(Cl)cc2F)[nH]1. The van der Waals surface area contributed by atoms with Crippen LogP contribution in [0.5, 0.6) is 0 Å². The smallest absolute Gasteiger partial charge is 0.271 e. The lowest BCUT2D eigenvalue weighted by molar-refractivity contribution is 0.353. The summed E-state index contributed by atoms with van der Waals surface area (Å²) in [6.07, 6.45) is 2.93. The maximum atomic E-state index is 14.2. The highest BCUT2D eigenvalue weighted by Crippen LogP contribution is 2.26. The van der Waals surface area contributed by atoms with E-state index in [0.717, 1.165) is 23.5 Å². The number of hydrogen-bond donors (Lipinski definition) is 1. The van der Waals surface area contributed by atoms with Crippen LogP contribution in [-0.4, -0.2) is 32.8 Å². The van der Waals surface area contributed by atoms with Crippen molar-refractivity contribution in [3.63, 3.8) is 0 Å². The fourth-order valence-electron chi connectivity index (χ4n) is 4.07. The molecule has 0 saturated carbocycles. The first-order chi connectivity index (χ1) is 13.8. The summed E-state index contributed by atoms with van der Waals surface area (Å²) in [6.45, 7) is 8.24. The first-order valence-electron chi connectivity index (χ1n) is 9.68. The Labute approximate surface area is 173 Å². The van der Waals surface area contributed by atoms with Gasteiger partial charge in [0.15, 0.2) is 0 Å². The van der Waals surface area contributed by atoms with Gasteiger partial charge in [-0.2, -0.15) is 0 Å². The van der Waals surface area contributed by atoms with Crippen LogP contribution >= 0.6 is 11.6 Å². The van der Waals surface area contributed by atoms with Gasteiger partial charge in [-0.1, -0.05) is 25.4 Å². The van der Waals surface area contributed by atoms with Crippen molar-refractivity contribution in [1.29, 1.82) is 0 Å². The second-order valence-corrected chi connectivity index (χ2v) is 8.40. The van der Waals surface area contributed by atoms with E-state index in [9.17, 15) is 9.18 Å². The molecule has 1 aliphatic rings. The minimum atomic E-state index is -0.579. The van der Waals surface area contributed by atoms with E-state index in [1.807, 2.05) is 6.92 Å². The van der Waals surface area contributed by atoms with Crippen molar-refractivity contribution in [2.45, 2.75) is 27.2 Å². The lowest BCUT2D eigenvalue weighted by Gasteiger charge is -2.35. The fourth-order valence-corrected chi connectivity index (χ4v) is 4.23. The number of halogens is 2. The summed E-state index contributed by atoms with van der Waals surface area (Å²) in [5.41, 5.74) is 1.73. The highest BCUT2D eigenvalue weighted by atomic mass is 35.5. The zero-order valence-corrected chi connectivity index (χ0v) is 17.4. The van der Waals surface area contributed by atoms with Crippen molar-refractivity contribution in [2.75, 3.05) is 18.0 Å². The van der Waals surface area contributed by atoms with Gasteiger partial charge < -0.3 is 4.90 Å². The van der Waals surface area contributed by atoms with Crippen LogP contribution in [0.3, 0.4) is 0 Å². The van der Waals surface area contributed by atoms with E-state index in [-0.39, 0.29) is 16.3 Å². The van der Waals surface area contributed by atoms with Gasteiger partial charge >= 0.3 is 0 Å². The van der Waals surface area contributed by atoms with E-state index in [1.165, 1.54) is 30.7 Å². The summed E-state index contributed by atoms with van der Waals surface area (Å²) in [5, 5.41) is 3.23. The van der Waals surface area contributed by atoms with Crippen molar-refractivity contribution in [3.8, 4) is 16.9 Å². The Hall–Kier alpha value is -2.67. The van der Waals surface area contributed by atoms with Crippen molar-refractivity contribution >= 4 is 17.5 Å². The number of rotatable bonds is 3. The van der Waals surface area contributed by atoms with Crippen molar-refractivity contribution < 1.29 is 4.39 Å². The standard InChI is InChI=1S/C21H23ClFN5O/c1-12-6-13(2)11-27(10-12)21-24-9-16(14(3)25-21)18-8-20(29)28(26-18)19-5-4-15(22)7-17(19)23/h4-5,7-9,12-13,26H,6,10-11H2,1-3H3. The van der Waals surface area contributed by atoms with E-state index >= 15 is 0 Å². The molecule has 4 rings (SSSR count). The van der Waals surface area contributed by atoms with Gasteiger partial charge in [0.25, 0.3) is 5.56 Å². The molecule has 0 spiro atoms. The second kappa shape index (κ2) is 7.63. The molecule has 1 fully saturated rings. The summed E-state index contributed by atoms with van der Waals surface area (Å²) < 4.78 is 15.4. The molecule has 0 amide bonds. The fraction of sp³-hybridized carbons (Fsp3) is 0.381. The predicted molar refractivity (Wildman–Crippen MR) is 112 cm³/mol. The Balaban J connectivity index is 1.67. The molecule has 1 aromatic carbocycles. The highest BCUT2D eigenvalue weighted by molar-refractivity contribution is 6.30. The summed E-state index contributed by atoms with van der Waals surface area (Å²) in [7, 11) is 0. The lowest BCUT2D eigenvalue weighted by atomic mass is 9.92. The number of aromatic amines is 1. The van der Waals surface area contributed by atoms with Crippen molar-refractivity contribution in [3.05, 3.63) is 57.3 Å². The van der Waals surface area contributed by atoms with Crippen LogP contribution in [-0.2, 0) is 0 Å². The Morgan fingerprint density at radius 2 is 1.93 bits per heavy atom. The van der Waals surface area contributed by atoms with Crippen molar-refractivity contribution in [2.24, 2.45) is 11.8 Å². The van der Waals surface area contributed by atoms with Gasteiger partial charge in [0.05, 0.1) is 11.4 Å². The number of benzene rings is 1. The molecule has 1 aliphatic heterocycles. The van der Waals surface area contributed by atoms with E-state index in [2.05, 4.69) is 33.8 Å². The molecule has 1 N–H and O–H groups in total. The average molecular weight is 416 g/mol. The molecule has 2 unspecified atom stereocenters. The Bertz CT molecular complexity index is 1100. The summed E-state index contributed by atoms with van der Waals surface area (Å²) >= 11 is 5.80. The number of piperidine rings is 1. The minimum absolute atomic E-state index is 0.108. The first kappa shape index (κ1) is 19.6. The molecule has 6 nitrogen and oxygen atoms in total. The number of H-pyrrole nitrogens is 1. The molecule has 152 valence electrons. The molecule has 0 aliphatic carbocycles. The molecule has 8 heteroatoms. The van der Waals surface area contributed by atoms with Gasteiger partial charge in [0, 0.05) is 35.9 Å². The molecule has 3 heterocycles. The van der Waals surface area contributed by atoms with Gasteiger partial charge in [-0.15, -0.1) is 0 Å². The molecule has 3 aromatic rings. The topological polar surface area (TPSA) is 66.8 Å².